The molecule has 2 aromatic rings. The Morgan fingerprint density at radius 1 is 0.914 bits per heavy atom. The van der Waals surface area contributed by atoms with Crippen LogP contribution in [0.15, 0.2) is 60.7 Å². The van der Waals surface area contributed by atoms with Crippen molar-refractivity contribution in [3.8, 4) is 0 Å². The largest absolute Gasteiger partial charge is 0.454 e. The smallest absolute Gasteiger partial charge is 0.431 e. The summed E-state index contributed by atoms with van der Waals surface area (Å²) >= 11 is 0. The van der Waals surface area contributed by atoms with E-state index in [1.54, 1.807) is 25.7 Å². The first-order valence-electron chi connectivity index (χ1n) is 11.4. The molecule has 0 aromatic heterocycles. The van der Waals surface area contributed by atoms with Gasteiger partial charge in [0.2, 0.25) is 0 Å². The second kappa shape index (κ2) is 10.0. The van der Waals surface area contributed by atoms with Crippen LogP contribution in [0.2, 0.25) is 19.6 Å². The molecule has 0 radical (unpaired) electrons. The summed E-state index contributed by atoms with van der Waals surface area (Å²) in [5.74, 6) is -1.52. The zero-order valence-corrected chi connectivity index (χ0v) is 20.8. The molecule has 0 amide bonds. The van der Waals surface area contributed by atoms with Gasteiger partial charge in [0.15, 0.2) is 14.4 Å². The Morgan fingerprint density at radius 2 is 1.46 bits per heavy atom. The number of alkyl halides is 3. The van der Waals surface area contributed by atoms with Crippen molar-refractivity contribution in [2.45, 2.75) is 62.4 Å². The fourth-order valence-electron chi connectivity index (χ4n) is 4.36. The van der Waals surface area contributed by atoms with E-state index in [0.29, 0.717) is 6.61 Å². The normalized spacial score (nSPS) is 26.2. The van der Waals surface area contributed by atoms with Crippen molar-refractivity contribution in [1.82, 2.24) is 0 Å². The van der Waals surface area contributed by atoms with Gasteiger partial charge in [-0.3, -0.25) is 0 Å². The second-order valence-corrected chi connectivity index (χ2v) is 14.1. The number of esters is 1. The van der Waals surface area contributed by atoms with Crippen molar-refractivity contribution >= 4 is 14.3 Å². The summed E-state index contributed by atoms with van der Waals surface area (Å²) in [6.45, 7) is 5.20. The van der Waals surface area contributed by atoms with E-state index in [2.05, 4.69) is 0 Å². The lowest BCUT2D eigenvalue weighted by Gasteiger charge is -2.39. The third-order valence-corrected chi connectivity index (χ3v) is 6.77. The van der Waals surface area contributed by atoms with Gasteiger partial charge in [-0.15, -0.1) is 0 Å². The number of fused-ring (bicyclic) bond motifs is 1. The first kappa shape index (κ1) is 25.8. The highest BCUT2D eigenvalue weighted by molar-refractivity contribution is 6.70. The Morgan fingerprint density at radius 3 is 2.03 bits per heavy atom. The predicted octanol–water partition coefficient (Wildman–Crippen LogP) is 4.59. The van der Waals surface area contributed by atoms with Crippen LogP contribution in [-0.4, -0.2) is 58.1 Å². The number of rotatable bonds is 8. The van der Waals surface area contributed by atoms with E-state index in [-0.39, 0.29) is 18.8 Å². The maximum absolute atomic E-state index is 14.6. The minimum atomic E-state index is -5.05. The fourth-order valence-corrected chi connectivity index (χ4v) is 5.59. The van der Waals surface area contributed by atoms with Crippen molar-refractivity contribution in [1.29, 1.82) is 0 Å². The van der Waals surface area contributed by atoms with Crippen LogP contribution in [0.25, 0.3) is 0 Å². The van der Waals surface area contributed by atoms with Crippen molar-refractivity contribution < 1.29 is 41.3 Å². The topological polar surface area (TPSA) is 63.2 Å². The third kappa shape index (κ3) is 5.46. The zero-order valence-electron chi connectivity index (χ0n) is 19.8. The molecule has 35 heavy (non-hydrogen) atoms. The van der Waals surface area contributed by atoms with Gasteiger partial charge in [0.25, 0.3) is 5.60 Å². The number of carbonyl (C=O) groups excluding carboxylic acids is 1. The zero-order chi connectivity index (χ0) is 25.3. The average molecular weight is 511 g/mol. The monoisotopic (exact) mass is 510 g/mol. The van der Waals surface area contributed by atoms with Crippen molar-refractivity contribution in [3.05, 3.63) is 71.8 Å². The summed E-state index contributed by atoms with van der Waals surface area (Å²) < 4.78 is 72.4. The van der Waals surface area contributed by atoms with E-state index in [1.807, 2.05) is 30.3 Å². The van der Waals surface area contributed by atoms with Crippen LogP contribution < -0.4 is 0 Å². The van der Waals surface area contributed by atoms with Gasteiger partial charge in [-0.25, -0.2) is 4.79 Å². The van der Waals surface area contributed by atoms with Crippen LogP contribution in [0.1, 0.15) is 11.1 Å². The SMILES string of the molecule is C[Si](C)(C)O[C@](C(=O)O[C@H]1CO[C@H]2[C@@H]1OC[C@H]2OCc1ccccc1)(c1ccccc1)C(F)(F)F. The molecule has 190 valence electrons. The second-order valence-electron chi connectivity index (χ2n) is 9.63. The fraction of sp³-hybridized carbons (Fsp3) is 0.480. The molecule has 0 spiro atoms. The summed E-state index contributed by atoms with van der Waals surface area (Å²) in [6.07, 6.45) is -7.78. The quantitative estimate of drug-likeness (QED) is 0.382. The number of benzene rings is 2. The van der Waals surface area contributed by atoms with Gasteiger partial charge in [-0.1, -0.05) is 60.7 Å². The summed E-state index contributed by atoms with van der Waals surface area (Å²) in [4.78, 5) is 13.3. The molecule has 0 saturated carbocycles. The Hall–Kier alpha value is -2.24. The molecule has 0 aliphatic carbocycles. The summed E-state index contributed by atoms with van der Waals surface area (Å²) in [5, 5.41) is 0. The van der Waals surface area contributed by atoms with Crippen LogP contribution in [0.5, 0.6) is 0 Å². The molecular formula is C25H29F3O6Si. The van der Waals surface area contributed by atoms with E-state index < -0.39 is 50.5 Å². The van der Waals surface area contributed by atoms with Gasteiger partial charge in [0.1, 0.15) is 18.3 Å². The first-order chi connectivity index (χ1) is 16.5. The van der Waals surface area contributed by atoms with Crippen molar-refractivity contribution in [3.63, 3.8) is 0 Å². The molecule has 5 atom stereocenters. The molecular weight excluding hydrogens is 481 g/mol. The number of hydrogen-bond donors (Lipinski definition) is 0. The van der Waals surface area contributed by atoms with E-state index in [1.165, 1.54) is 24.3 Å². The molecule has 6 nitrogen and oxygen atoms in total. The Bertz CT molecular complexity index is 998. The molecule has 0 N–H and O–H groups in total. The molecule has 0 unspecified atom stereocenters. The van der Waals surface area contributed by atoms with Crippen LogP contribution >= 0.6 is 0 Å². The van der Waals surface area contributed by atoms with Gasteiger partial charge in [0, 0.05) is 5.56 Å². The maximum Gasteiger partial charge on any atom is 0.431 e. The van der Waals surface area contributed by atoms with E-state index in [9.17, 15) is 18.0 Å². The summed E-state index contributed by atoms with van der Waals surface area (Å²) in [7, 11) is -2.89. The summed E-state index contributed by atoms with van der Waals surface area (Å²) in [5.41, 5.74) is -2.61. The Labute approximate surface area is 203 Å². The highest BCUT2D eigenvalue weighted by atomic mass is 28.4. The summed E-state index contributed by atoms with van der Waals surface area (Å²) in [6, 6.07) is 16.4. The van der Waals surface area contributed by atoms with E-state index in [0.717, 1.165) is 5.56 Å². The molecule has 2 saturated heterocycles. The minimum Gasteiger partial charge on any atom is -0.454 e. The lowest BCUT2D eigenvalue weighted by atomic mass is 9.93. The molecule has 2 aromatic carbocycles. The molecule has 4 rings (SSSR count). The molecule has 2 aliphatic rings. The van der Waals surface area contributed by atoms with Crippen LogP contribution in [-0.2, 0) is 40.4 Å². The highest BCUT2D eigenvalue weighted by Crippen LogP contribution is 2.46. The number of hydrogen-bond acceptors (Lipinski definition) is 6. The Kier molecular flexibility index (Phi) is 7.40. The molecule has 0 bridgehead atoms. The minimum absolute atomic E-state index is 0.0953. The maximum atomic E-state index is 14.6. The average Bonchev–Trinajstić information content (AvgIpc) is 3.39. The lowest BCUT2D eigenvalue weighted by molar-refractivity contribution is -0.264. The van der Waals surface area contributed by atoms with Gasteiger partial charge >= 0.3 is 12.1 Å². The standard InChI is InChI=1S/C25H29F3O6Si/c1-35(2,3)34-24(25(26,27)28,18-12-8-5-9-13-18)23(29)33-20-16-32-21-19(15-31-22(20)21)30-14-17-10-6-4-7-11-17/h4-13,19-22H,14-16H2,1-3H3/t19-,20+,21-,22-,24+/m1/s1. The molecule has 2 heterocycles. The van der Waals surface area contributed by atoms with Crippen LogP contribution in [0.3, 0.4) is 0 Å². The van der Waals surface area contributed by atoms with Gasteiger partial charge < -0.3 is 23.4 Å². The number of ether oxygens (including phenoxy) is 4. The Balaban J connectivity index is 1.52. The molecule has 2 aliphatic heterocycles. The lowest BCUT2D eigenvalue weighted by Crippen LogP contribution is -2.57. The number of halogens is 3. The predicted molar refractivity (Wildman–Crippen MR) is 123 cm³/mol. The van der Waals surface area contributed by atoms with Gasteiger partial charge in [0.05, 0.1) is 19.8 Å². The van der Waals surface area contributed by atoms with Gasteiger partial charge in [-0.2, -0.15) is 13.2 Å². The molecule has 10 heteroatoms. The van der Waals surface area contributed by atoms with Crippen molar-refractivity contribution in [2.75, 3.05) is 13.2 Å². The molecule has 2 fully saturated rings. The highest BCUT2D eigenvalue weighted by Gasteiger charge is 2.66. The van der Waals surface area contributed by atoms with Crippen LogP contribution in [0, 0.1) is 0 Å². The van der Waals surface area contributed by atoms with E-state index in [4.69, 9.17) is 23.4 Å². The van der Waals surface area contributed by atoms with Crippen molar-refractivity contribution in [2.24, 2.45) is 0 Å². The van der Waals surface area contributed by atoms with Crippen LogP contribution in [0.4, 0.5) is 13.2 Å². The third-order valence-electron chi connectivity index (χ3n) is 5.85. The van der Waals surface area contributed by atoms with Gasteiger partial charge in [-0.05, 0) is 25.2 Å². The number of carbonyl (C=O) groups is 1. The van der Waals surface area contributed by atoms with E-state index >= 15 is 0 Å². The first-order valence-corrected chi connectivity index (χ1v) is 14.8.